The minimum absolute atomic E-state index is 0.160. The number of carbonyl (C=O) groups is 1. The Morgan fingerprint density at radius 2 is 1.96 bits per heavy atom. The average Bonchev–Trinajstić information content (AvgIpc) is 3.17. The maximum absolute atomic E-state index is 12.2. The smallest absolute Gasteiger partial charge is 0.408 e. The topological polar surface area (TPSA) is 61.8 Å². The van der Waals surface area contributed by atoms with E-state index in [1.54, 1.807) is 0 Å². The lowest BCUT2D eigenvalue weighted by Crippen LogP contribution is -2.47. The Kier molecular flexibility index (Phi) is 5.07. The number of rotatable bonds is 5. The molecule has 138 valence electrons. The third-order valence-corrected chi connectivity index (χ3v) is 5.25. The first kappa shape index (κ1) is 18.2. The van der Waals surface area contributed by atoms with Gasteiger partial charge in [0, 0.05) is 43.6 Å². The van der Waals surface area contributed by atoms with Crippen molar-refractivity contribution in [2.75, 3.05) is 19.7 Å². The summed E-state index contributed by atoms with van der Waals surface area (Å²) in [5.74, 6) is 0.467. The summed E-state index contributed by atoms with van der Waals surface area (Å²) in [6, 6.07) is 10.4. The van der Waals surface area contributed by atoms with E-state index >= 15 is 0 Å². The van der Waals surface area contributed by atoms with Crippen LogP contribution in [0.25, 0.3) is 0 Å². The first-order valence-electron chi connectivity index (χ1n) is 9.20. The maximum atomic E-state index is 12.2. The van der Waals surface area contributed by atoms with Crippen LogP contribution < -0.4 is 5.32 Å². The highest BCUT2D eigenvalue weighted by atomic mass is 16.6. The molecule has 2 N–H and O–H groups in total. The molecule has 2 atom stereocenters. The third kappa shape index (κ3) is 4.53. The van der Waals surface area contributed by atoms with Crippen LogP contribution in [-0.2, 0) is 11.3 Å². The first-order valence-corrected chi connectivity index (χ1v) is 9.20. The molecular formula is C20H30N2O3. The lowest BCUT2D eigenvalue weighted by atomic mass is 9.87. The number of alkyl carbamates (subject to hydrolysis) is 1. The van der Waals surface area contributed by atoms with E-state index in [0.29, 0.717) is 0 Å². The molecule has 1 aliphatic heterocycles. The van der Waals surface area contributed by atoms with E-state index < -0.39 is 5.60 Å². The Bertz CT molecular complexity index is 593. The number of nitrogens with one attached hydrogen (secondary N) is 1. The number of likely N-dealkylation sites (tertiary alicyclic amines) is 1. The minimum atomic E-state index is -0.494. The van der Waals surface area contributed by atoms with Crippen molar-refractivity contribution in [1.82, 2.24) is 10.2 Å². The normalized spacial score (nSPS) is 25.6. The van der Waals surface area contributed by atoms with Crippen molar-refractivity contribution in [1.29, 1.82) is 0 Å². The molecule has 1 amide bonds. The second kappa shape index (κ2) is 6.96. The Morgan fingerprint density at radius 1 is 1.28 bits per heavy atom. The lowest BCUT2D eigenvalue weighted by Gasteiger charge is -2.29. The van der Waals surface area contributed by atoms with Gasteiger partial charge in [0.05, 0.1) is 0 Å². The van der Waals surface area contributed by atoms with Crippen molar-refractivity contribution in [3.05, 3.63) is 35.9 Å². The number of nitrogens with zero attached hydrogens (tertiary/aromatic N) is 1. The molecule has 5 nitrogen and oxygen atoms in total. The Labute approximate surface area is 150 Å². The number of benzene rings is 1. The summed E-state index contributed by atoms with van der Waals surface area (Å²) >= 11 is 0. The number of aliphatic hydroxyl groups is 1. The second-order valence-electron chi connectivity index (χ2n) is 8.51. The molecule has 1 saturated heterocycles. The van der Waals surface area contributed by atoms with Gasteiger partial charge in [-0.05, 0) is 39.2 Å². The van der Waals surface area contributed by atoms with Crippen molar-refractivity contribution in [3.63, 3.8) is 0 Å². The van der Waals surface area contributed by atoms with E-state index in [1.807, 2.05) is 26.8 Å². The molecule has 0 aromatic heterocycles. The van der Waals surface area contributed by atoms with Gasteiger partial charge in [0.25, 0.3) is 0 Å². The Hall–Kier alpha value is -1.59. The van der Waals surface area contributed by atoms with Gasteiger partial charge < -0.3 is 15.2 Å². The summed E-state index contributed by atoms with van der Waals surface area (Å²) in [7, 11) is 0. The molecule has 2 fully saturated rings. The van der Waals surface area contributed by atoms with Gasteiger partial charge in [-0.25, -0.2) is 4.79 Å². The molecule has 1 aromatic carbocycles. The highest BCUT2D eigenvalue weighted by Gasteiger charge is 2.56. The fourth-order valence-corrected chi connectivity index (χ4v) is 3.97. The molecule has 0 unspecified atom stereocenters. The van der Waals surface area contributed by atoms with Crippen LogP contribution >= 0.6 is 0 Å². The fraction of sp³-hybridized carbons (Fsp3) is 0.650. The number of amides is 1. The van der Waals surface area contributed by atoms with Crippen LogP contribution in [0.5, 0.6) is 0 Å². The SMILES string of the molecule is CC(C)(C)OC(=O)NC1([C@@H]2CN(Cc3ccccc3)C[C@@H]2CO)CC1. The zero-order chi connectivity index (χ0) is 18.1. The Balaban J connectivity index is 1.63. The van der Waals surface area contributed by atoms with Crippen LogP contribution in [-0.4, -0.2) is 46.9 Å². The van der Waals surface area contributed by atoms with Crippen molar-refractivity contribution in [3.8, 4) is 0 Å². The van der Waals surface area contributed by atoms with E-state index in [9.17, 15) is 9.90 Å². The number of ether oxygens (including phenoxy) is 1. The van der Waals surface area contributed by atoms with Gasteiger partial charge in [-0.15, -0.1) is 0 Å². The molecule has 0 radical (unpaired) electrons. The van der Waals surface area contributed by atoms with Crippen molar-refractivity contribution >= 4 is 6.09 Å². The predicted molar refractivity (Wildman–Crippen MR) is 97.1 cm³/mol. The molecular weight excluding hydrogens is 316 g/mol. The number of hydrogen-bond donors (Lipinski definition) is 2. The zero-order valence-electron chi connectivity index (χ0n) is 15.5. The molecule has 25 heavy (non-hydrogen) atoms. The van der Waals surface area contributed by atoms with Crippen LogP contribution in [0.15, 0.2) is 30.3 Å². The number of carbonyl (C=O) groups excluding carboxylic acids is 1. The van der Waals surface area contributed by atoms with Crippen LogP contribution in [0.4, 0.5) is 4.79 Å². The van der Waals surface area contributed by atoms with Gasteiger partial charge in [-0.3, -0.25) is 4.90 Å². The predicted octanol–water partition coefficient (Wildman–Crippen LogP) is 2.78. The number of aliphatic hydroxyl groups excluding tert-OH is 1. The first-order chi connectivity index (χ1) is 11.8. The summed E-state index contributed by atoms with van der Waals surface area (Å²) < 4.78 is 5.44. The van der Waals surface area contributed by atoms with Gasteiger partial charge in [-0.2, -0.15) is 0 Å². The van der Waals surface area contributed by atoms with E-state index in [2.05, 4.69) is 34.5 Å². The second-order valence-corrected chi connectivity index (χ2v) is 8.51. The summed E-state index contributed by atoms with van der Waals surface area (Å²) in [6.07, 6.45) is 1.59. The third-order valence-electron chi connectivity index (χ3n) is 5.25. The molecule has 1 aliphatic carbocycles. The highest BCUT2D eigenvalue weighted by Crippen LogP contribution is 2.48. The van der Waals surface area contributed by atoms with Crippen LogP contribution in [0.1, 0.15) is 39.2 Å². The lowest BCUT2D eigenvalue weighted by molar-refractivity contribution is 0.0457. The van der Waals surface area contributed by atoms with E-state index in [0.717, 1.165) is 32.5 Å². The molecule has 1 heterocycles. The van der Waals surface area contributed by atoms with Gasteiger partial charge in [0.2, 0.25) is 0 Å². The monoisotopic (exact) mass is 346 g/mol. The highest BCUT2D eigenvalue weighted by molar-refractivity contribution is 5.69. The largest absolute Gasteiger partial charge is 0.444 e. The number of hydrogen-bond acceptors (Lipinski definition) is 4. The van der Waals surface area contributed by atoms with Gasteiger partial charge in [0.1, 0.15) is 5.60 Å². The zero-order valence-corrected chi connectivity index (χ0v) is 15.5. The van der Waals surface area contributed by atoms with E-state index in [1.165, 1.54) is 5.56 Å². The van der Waals surface area contributed by atoms with Crippen LogP contribution in [0, 0.1) is 11.8 Å². The molecule has 5 heteroatoms. The van der Waals surface area contributed by atoms with Crippen molar-refractivity contribution in [2.45, 2.75) is 51.3 Å². The van der Waals surface area contributed by atoms with E-state index in [-0.39, 0.29) is 30.1 Å². The summed E-state index contributed by atoms with van der Waals surface area (Å²) in [6.45, 7) is 8.44. The summed E-state index contributed by atoms with van der Waals surface area (Å²) in [4.78, 5) is 14.6. The molecule has 1 saturated carbocycles. The minimum Gasteiger partial charge on any atom is -0.444 e. The molecule has 0 bridgehead atoms. The summed E-state index contributed by atoms with van der Waals surface area (Å²) in [5, 5.41) is 13.0. The maximum Gasteiger partial charge on any atom is 0.408 e. The van der Waals surface area contributed by atoms with E-state index in [4.69, 9.17) is 4.74 Å². The molecule has 1 aromatic rings. The van der Waals surface area contributed by atoms with Crippen LogP contribution in [0.3, 0.4) is 0 Å². The molecule has 2 aliphatic rings. The average molecular weight is 346 g/mol. The molecule has 0 spiro atoms. The van der Waals surface area contributed by atoms with Gasteiger partial charge in [0.15, 0.2) is 0 Å². The summed E-state index contributed by atoms with van der Waals surface area (Å²) in [5.41, 5.74) is 0.581. The van der Waals surface area contributed by atoms with Crippen molar-refractivity contribution in [2.24, 2.45) is 11.8 Å². The quantitative estimate of drug-likeness (QED) is 0.861. The fourth-order valence-electron chi connectivity index (χ4n) is 3.97. The molecule has 3 rings (SSSR count). The van der Waals surface area contributed by atoms with Crippen LogP contribution in [0.2, 0.25) is 0 Å². The van der Waals surface area contributed by atoms with Crippen molar-refractivity contribution < 1.29 is 14.6 Å². The van der Waals surface area contributed by atoms with Gasteiger partial charge in [-0.1, -0.05) is 30.3 Å². The Morgan fingerprint density at radius 3 is 2.52 bits per heavy atom. The van der Waals surface area contributed by atoms with Gasteiger partial charge >= 0.3 is 6.09 Å². The standard InChI is InChI=1S/C20H30N2O3/c1-19(2,3)25-18(24)21-20(9-10-20)17-13-22(12-16(17)14-23)11-15-7-5-4-6-8-15/h4-8,16-17,23H,9-14H2,1-3H3,(H,21,24)/t16-,17-/m1/s1.